The highest BCUT2D eigenvalue weighted by molar-refractivity contribution is 5.85. The van der Waals surface area contributed by atoms with Gasteiger partial charge in [0.2, 0.25) is 0 Å². The van der Waals surface area contributed by atoms with Crippen molar-refractivity contribution in [2.75, 3.05) is 40.4 Å². The molecule has 296 valence electrons. The van der Waals surface area contributed by atoms with Gasteiger partial charge in [-0.05, 0) is 113 Å². The van der Waals surface area contributed by atoms with Gasteiger partial charge in [0, 0.05) is 47.0 Å². The van der Waals surface area contributed by atoms with E-state index in [1.54, 1.807) is 0 Å². The minimum absolute atomic E-state index is 0. The predicted molar refractivity (Wildman–Crippen MR) is 195 cm³/mol. The highest BCUT2D eigenvalue weighted by atomic mass is 35.5. The molecule has 0 unspecified atom stereocenters. The molecule has 17 heteroatoms. The van der Waals surface area contributed by atoms with E-state index in [1.165, 1.54) is 89.1 Å². The normalized spacial score (nSPS) is 15.1. The highest BCUT2D eigenvalue weighted by Gasteiger charge is 2.32. The highest BCUT2D eigenvalue weighted by Crippen LogP contribution is 2.36. The molecule has 2 aliphatic rings. The number of piperidine rings is 2. The fourth-order valence-corrected chi connectivity index (χ4v) is 6.29. The first-order valence-electron chi connectivity index (χ1n) is 16.6. The van der Waals surface area contributed by atoms with E-state index in [4.69, 9.17) is 9.47 Å². The van der Waals surface area contributed by atoms with Gasteiger partial charge in [-0.2, -0.15) is 0 Å². The van der Waals surface area contributed by atoms with Gasteiger partial charge in [-0.15, -0.1) is 51.2 Å². The Kier molecular flexibility index (Phi) is 17.7. The van der Waals surface area contributed by atoms with Crippen LogP contribution in [0.3, 0.4) is 0 Å². The molecule has 6 rings (SSSR count). The number of methoxy groups -OCH3 is 2. The lowest BCUT2D eigenvalue weighted by molar-refractivity contribution is -0.275. The first kappa shape index (κ1) is 45.4. The zero-order chi connectivity index (χ0) is 35.7. The summed E-state index contributed by atoms with van der Waals surface area (Å²) >= 11 is 0. The van der Waals surface area contributed by atoms with Crippen LogP contribution in [0.25, 0.3) is 22.5 Å². The average Bonchev–Trinajstić information content (AvgIpc) is 3.74. The first-order chi connectivity index (χ1) is 23.9. The molecule has 0 amide bonds. The topological polar surface area (TPSA) is 106 Å². The molecule has 2 aromatic carbocycles. The van der Waals surface area contributed by atoms with E-state index in [1.807, 2.05) is 24.3 Å². The van der Waals surface area contributed by atoms with Crippen LogP contribution in [0.5, 0.6) is 23.0 Å². The van der Waals surface area contributed by atoms with E-state index in [9.17, 15) is 26.3 Å². The Bertz CT molecular complexity index is 1550. The zero-order valence-electron chi connectivity index (χ0n) is 29.4. The van der Waals surface area contributed by atoms with Gasteiger partial charge in [0.15, 0.2) is 0 Å². The van der Waals surface area contributed by atoms with Crippen molar-refractivity contribution in [1.29, 1.82) is 0 Å². The third kappa shape index (κ3) is 13.9. The van der Waals surface area contributed by atoms with Gasteiger partial charge in [-0.25, -0.2) is 0 Å². The second-order valence-electron chi connectivity index (χ2n) is 12.3. The number of benzene rings is 2. The molecule has 4 aromatic rings. The smallest absolute Gasteiger partial charge is 0.496 e. The van der Waals surface area contributed by atoms with E-state index < -0.39 is 12.7 Å². The van der Waals surface area contributed by atoms with Crippen LogP contribution in [0, 0.1) is 0 Å². The summed E-state index contributed by atoms with van der Waals surface area (Å²) in [5, 5.41) is 0. The summed E-state index contributed by atoms with van der Waals surface area (Å²) in [5.41, 5.74) is 4.54. The number of alkyl halides is 6. The summed E-state index contributed by atoms with van der Waals surface area (Å²) in [6.45, 7) is 5.92. The van der Waals surface area contributed by atoms with Crippen molar-refractivity contribution < 1.29 is 50.8 Å². The Morgan fingerprint density at radius 1 is 0.547 bits per heavy atom. The second kappa shape index (κ2) is 20.6. The summed E-state index contributed by atoms with van der Waals surface area (Å²) in [6.07, 6.45) is -2.07. The van der Waals surface area contributed by atoms with E-state index in [2.05, 4.69) is 29.2 Å². The number of nitrogens with zero attached hydrogens (tertiary/aromatic N) is 2. The third-order valence-electron chi connectivity index (χ3n) is 8.57. The molecule has 2 aromatic heterocycles. The molecule has 0 saturated carbocycles. The van der Waals surface area contributed by atoms with E-state index in [0.717, 1.165) is 50.7 Å². The number of nitrogens with one attached hydrogen (secondary N) is 2. The maximum Gasteiger partial charge on any atom is 0.573 e. The number of hydrogen-bond acceptors (Lipinski definition) is 6. The van der Waals surface area contributed by atoms with Crippen LogP contribution >= 0.6 is 24.8 Å². The van der Waals surface area contributed by atoms with E-state index in [-0.39, 0.29) is 41.8 Å². The van der Waals surface area contributed by atoms with Gasteiger partial charge in [-0.1, -0.05) is 12.8 Å². The van der Waals surface area contributed by atoms with Crippen LogP contribution in [0.15, 0.2) is 60.7 Å². The fourth-order valence-electron chi connectivity index (χ4n) is 6.29. The van der Waals surface area contributed by atoms with Crippen LogP contribution in [0.4, 0.5) is 26.3 Å². The lowest BCUT2D eigenvalue weighted by atomic mass is 10.1. The lowest BCUT2D eigenvalue weighted by Gasteiger charge is -2.25. The number of likely N-dealkylation sites (tertiary alicyclic amines) is 2. The van der Waals surface area contributed by atoms with Crippen molar-refractivity contribution in [3.8, 4) is 45.5 Å². The summed E-state index contributed by atoms with van der Waals surface area (Å²) < 4.78 is 93.3. The Balaban J connectivity index is 0.000000347. The predicted octanol–water partition coefficient (Wildman–Crippen LogP) is 9.17. The molecular formula is C36H46Cl2F6N4O5. The van der Waals surface area contributed by atoms with Crippen LogP contribution in [0.2, 0.25) is 0 Å². The summed E-state index contributed by atoms with van der Waals surface area (Å²) in [7, 11) is 2.97. The standard InChI is InChI=1S/2C18H21F3N2O2.2ClH.H2O/c2*1-24-17-8-6-14(25-18(19,20)21)11-15(17)16-7-5-13(22-16)12-23-9-3-2-4-10-23;;;/h2*5-8,11,22H,2-4,9-10,12H2,1H3;2*1H;1H2. The molecule has 53 heavy (non-hydrogen) atoms. The Hall–Kier alpha value is -3.76. The van der Waals surface area contributed by atoms with Gasteiger partial charge in [0.1, 0.15) is 23.0 Å². The molecule has 2 fully saturated rings. The molecule has 0 aliphatic carbocycles. The summed E-state index contributed by atoms with van der Waals surface area (Å²) in [5.74, 6) is 0.438. The lowest BCUT2D eigenvalue weighted by Crippen LogP contribution is -2.29. The van der Waals surface area contributed by atoms with Crippen molar-refractivity contribution in [2.24, 2.45) is 0 Å². The number of aromatic nitrogens is 2. The van der Waals surface area contributed by atoms with Gasteiger partial charge < -0.3 is 34.4 Å². The number of H-pyrrole nitrogens is 2. The molecule has 0 atom stereocenters. The van der Waals surface area contributed by atoms with Gasteiger partial charge >= 0.3 is 12.7 Å². The number of hydrogen-bond donors (Lipinski definition) is 2. The van der Waals surface area contributed by atoms with Gasteiger partial charge in [0.05, 0.1) is 14.2 Å². The number of aromatic amines is 2. The van der Waals surface area contributed by atoms with Crippen molar-refractivity contribution in [3.05, 3.63) is 72.1 Å². The number of ether oxygens (including phenoxy) is 4. The molecule has 0 spiro atoms. The number of rotatable bonds is 10. The summed E-state index contributed by atoms with van der Waals surface area (Å²) in [6, 6.07) is 15.7. The molecule has 4 heterocycles. The van der Waals surface area contributed by atoms with Gasteiger partial charge in [0.25, 0.3) is 0 Å². The van der Waals surface area contributed by atoms with Crippen molar-refractivity contribution in [3.63, 3.8) is 0 Å². The van der Waals surface area contributed by atoms with Crippen LogP contribution in [-0.2, 0) is 13.1 Å². The molecule has 0 radical (unpaired) electrons. The Labute approximate surface area is 317 Å². The Morgan fingerprint density at radius 2 is 0.906 bits per heavy atom. The van der Waals surface area contributed by atoms with E-state index >= 15 is 0 Å². The minimum atomic E-state index is -4.72. The maximum absolute atomic E-state index is 12.5. The SMILES string of the molecule is COc1ccc(OC(F)(F)F)cc1-c1ccc(CN2CCCCC2)[nH]1.COc1ccc(OC(F)(F)F)cc1-c1ccc(CN2CCCCC2)[nH]1.Cl.Cl.O. The number of halogens is 8. The first-order valence-corrected chi connectivity index (χ1v) is 16.6. The molecule has 2 aliphatic heterocycles. The minimum Gasteiger partial charge on any atom is -0.496 e. The molecule has 0 bridgehead atoms. The van der Waals surface area contributed by atoms with E-state index in [0.29, 0.717) is 34.0 Å². The van der Waals surface area contributed by atoms with Gasteiger partial charge in [-0.3, -0.25) is 9.80 Å². The molecular weight excluding hydrogens is 753 g/mol. The zero-order valence-corrected chi connectivity index (χ0v) is 31.0. The van der Waals surface area contributed by atoms with Crippen molar-refractivity contribution in [2.45, 2.75) is 64.3 Å². The largest absolute Gasteiger partial charge is 0.573 e. The monoisotopic (exact) mass is 798 g/mol. The van der Waals surface area contributed by atoms with Crippen LogP contribution in [0.1, 0.15) is 49.9 Å². The summed E-state index contributed by atoms with van der Waals surface area (Å²) in [4.78, 5) is 11.3. The fraction of sp³-hybridized carbons (Fsp3) is 0.444. The van der Waals surface area contributed by atoms with Crippen LogP contribution in [-0.4, -0.2) is 78.4 Å². The third-order valence-corrected chi connectivity index (χ3v) is 8.57. The maximum atomic E-state index is 12.5. The molecule has 2 saturated heterocycles. The second-order valence-corrected chi connectivity index (χ2v) is 12.3. The molecule has 4 N–H and O–H groups in total. The van der Waals surface area contributed by atoms with Crippen molar-refractivity contribution in [1.82, 2.24) is 19.8 Å². The van der Waals surface area contributed by atoms with Crippen LogP contribution < -0.4 is 18.9 Å². The van der Waals surface area contributed by atoms with Crippen molar-refractivity contribution >= 4 is 24.8 Å². The Morgan fingerprint density at radius 3 is 1.23 bits per heavy atom. The molecule has 9 nitrogen and oxygen atoms in total. The average molecular weight is 800 g/mol. The quantitative estimate of drug-likeness (QED) is 0.155.